The summed E-state index contributed by atoms with van der Waals surface area (Å²) in [5.74, 6) is -0.810. The van der Waals surface area contributed by atoms with Crippen LogP contribution in [0.4, 0.5) is 16.2 Å². The molecule has 0 atom stereocenters. The minimum Gasteiger partial charge on any atom is -0.490 e. The molecule has 37 heavy (non-hydrogen) atoms. The number of rotatable bonds is 8. The molecule has 1 aliphatic rings. The van der Waals surface area contributed by atoms with Crippen molar-refractivity contribution in [1.29, 1.82) is 0 Å². The van der Waals surface area contributed by atoms with Crippen molar-refractivity contribution in [3.8, 4) is 11.5 Å². The van der Waals surface area contributed by atoms with E-state index in [1.54, 1.807) is 55.5 Å². The third kappa shape index (κ3) is 5.64. The monoisotopic (exact) mass is 501 g/mol. The second-order valence-corrected chi connectivity index (χ2v) is 8.15. The highest BCUT2D eigenvalue weighted by molar-refractivity contribution is 6.39. The van der Waals surface area contributed by atoms with Gasteiger partial charge in [-0.3, -0.25) is 25.0 Å². The van der Waals surface area contributed by atoms with Crippen molar-refractivity contribution in [1.82, 2.24) is 5.32 Å². The SMILES string of the molecule is CCOc1cc(/C=C2\C(=O)NC(=O)N(c3cccc(C)c3)C2=O)ccc1OCc1cccc([N+](=O)[O-])c1. The van der Waals surface area contributed by atoms with Crippen LogP contribution in [0.25, 0.3) is 6.08 Å². The van der Waals surface area contributed by atoms with Gasteiger partial charge in [0.1, 0.15) is 12.2 Å². The maximum atomic E-state index is 13.1. The maximum absolute atomic E-state index is 13.1. The smallest absolute Gasteiger partial charge is 0.335 e. The van der Waals surface area contributed by atoms with E-state index in [0.717, 1.165) is 10.5 Å². The number of carbonyl (C=O) groups is 3. The number of ether oxygens (including phenoxy) is 2. The van der Waals surface area contributed by atoms with Gasteiger partial charge in [-0.25, -0.2) is 9.69 Å². The fourth-order valence-electron chi connectivity index (χ4n) is 3.75. The normalized spacial score (nSPS) is 14.5. The van der Waals surface area contributed by atoms with Gasteiger partial charge in [-0.1, -0.05) is 30.3 Å². The Kier molecular flexibility index (Phi) is 7.28. The number of imide groups is 2. The summed E-state index contributed by atoms with van der Waals surface area (Å²) in [6.07, 6.45) is 1.37. The fourth-order valence-corrected chi connectivity index (χ4v) is 3.75. The van der Waals surface area contributed by atoms with Gasteiger partial charge >= 0.3 is 6.03 Å². The van der Waals surface area contributed by atoms with E-state index in [2.05, 4.69) is 5.32 Å². The van der Waals surface area contributed by atoms with Crippen LogP contribution in [0.2, 0.25) is 0 Å². The number of nitrogens with one attached hydrogen (secondary N) is 1. The molecule has 0 unspecified atom stereocenters. The molecule has 1 N–H and O–H groups in total. The molecule has 188 valence electrons. The van der Waals surface area contributed by atoms with Gasteiger partial charge in [-0.2, -0.15) is 0 Å². The van der Waals surface area contributed by atoms with Crippen LogP contribution in [0.5, 0.6) is 11.5 Å². The van der Waals surface area contributed by atoms with E-state index in [9.17, 15) is 24.5 Å². The predicted molar refractivity (Wildman–Crippen MR) is 135 cm³/mol. The molecule has 0 spiro atoms. The summed E-state index contributed by atoms with van der Waals surface area (Å²) in [6, 6.07) is 17.0. The quantitative estimate of drug-likeness (QED) is 0.208. The van der Waals surface area contributed by atoms with Gasteiger partial charge in [0.25, 0.3) is 17.5 Å². The van der Waals surface area contributed by atoms with Crippen LogP contribution in [0, 0.1) is 17.0 Å². The average Bonchev–Trinajstić information content (AvgIpc) is 2.86. The summed E-state index contributed by atoms with van der Waals surface area (Å²) >= 11 is 0. The number of nitro groups is 1. The first-order valence-electron chi connectivity index (χ1n) is 11.4. The lowest BCUT2D eigenvalue weighted by Crippen LogP contribution is -2.54. The van der Waals surface area contributed by atoms with Crippen LogP contribution < -0.4 is 19.7 Å². The molecule has 0 radical (unpaired) electrons. The van der Waals surface area contributed by atoms with E-state index >= 15 is 0 Å². The lowest BCUT2D eigenvalue weighted by Gasteiger charge is -2.26. The Bertz CT molecular complexity index is 1430. The molecular weight excluding hydrogens is 478 g/mol. The highest BCUT2D eigenvalue weighted by Crippen LogP contribution is 2.31. The molecule has 3 aromatic rings. The van der Waals surface area contributed by atoms with E-state index in [1.165, 1.54) is 18.2 Å². The zero-order valence-electron chi connectivity index (χ0n) is 20.1. The number of aryl methyl sites for hydroxylation is 1. The number of amides is 4. The van der Waals surface area contributed by atoms with Crippen molar-refractivity contribution < 1.29 is 28.8 Å². The number of nitrogens with zero attached hydrogens (tertiary/aromatic N) is 2. The molecule has 4 rings (SSSR count). The highest BCUT2D eigenvalue weighted by Gasteiger charge is 2.36. The Hall–Kier alpha value is -4.99. The zero-order valence-corrected chi connectivity index (χ0v) is 20.1. The summed E-state index contributed by atoms with van der Waals surface area (Å²) in [5.41, 5.74) is 2.02. The second-order valence-electron chi connectivity index (χ2n) is 8.15. The van der Waals surface area contributed by atoms with Crippen molar-refractivity contribution >= 4 is 35.3 Å². The molecule has 0 bridgehead atoms. The van der Waals surface area contributed by atoms with Gasteiger partial charge in [0.2, 0.25) is 0 Å². The summed E-state index contributed by atoms with van der Waals surface area (Å²) < 4.78 is 11.5. The molecule has 0 aliphatic carbocycles. The average molecular weight is 501 g/mol. The van der Waals surface area contributed by atoms with Gasteiger partial charge in [0.15, 0.2) is 11.5 Å². The highest BCUT2D eigenvalue weighted by atomic mass is 16.6. The molecule has 1 aliphatic heterocycles. The topological polar surface area (TPSA) is 128 Å². The van der Waals surface area contributed by atoms with Gasteiger partial charge < -0.3 is 9.47 Å². The number of urea groups is 1. The van der Waals surface area contributed by atoms with Crippen LogP contribution in [0.15, 0.2) is 72.3 Å². The third-order valence-electron chi connectivity index (χ3n) is 5.46. The van der Waals surface area contributed by atoms with Crippen molar-refractivity contribution in [3.05, 3.63) is 99.1 Å². The van der Waals surface area contributed by atoms with E-state index in [4.69, 9.17) is 9.47 Å². The van der Waals surface area contributed by atoms with Gasteiger partial charge in [-0.15, -0.1) is 0 Å². The fraction of sp³-hybridized carbons (Fsp3) is 0.148. The molecule has 10 heteroatoms. The number of hydrogen-bond donors (Lipinski definition) is 1. The Morgan fingerprint density at radius 2 is 1.76 bits per heavy atom. The predicted octanol–water partition coefficient (Wildman–Crippen LogP) is 4.55. The Morgan fingerprint density at radius 3 is 2.49 bits per heavy atom. The lowest BCUT2D eigenvalue weighted by molar-refractivity contribution is -0.384. The minimum atomic E-state index is -0.822. The summed E-state index contributed by atoms with van der Waals surface area (Å²) in [7, 11) is 0. The zero-order chi connectivity index (χ0) is 26.5. The molecular formula is C27H23N3O7. The number of nitro benzene ring substituents is 1. The number of non-ortho nitro benzene ring substituents is 1. The van der Waals surface area contributed by atoms with E-state index in [1.807, 2.05) is 13.0 Å². The third-order valence-corrected chi connectivity index (χ3v) is 5.46. The largest absolute Gasteiger partial charge is 0.490 e. The number of hydrogen-bond acceptors (Lipinski definition) is 7. The molecule has 1 saturated heterocycles. The summed E-state index contributed by atoms with van der Waals surface area (Å²) in [5, 5.41) is 13.2. The van der Waals surface area contributed by atoms with Crippen LogP contribution in [0.1, 0.15) is 23.6 Å². The summed E-state index contributed by atoms with van der Waals surface area (Å²) in [6.45, 7) is 4.01. The first-order valence-corrected chi connectivity index (χ1v) is 11.4. The standard InChI is InChI=1S/C27H23N3O7/c1-3-36-24-15-18(10-11-23(24)37-16-19-7-5-9-21(13-19)30(34)35)14-22-25(31)28-27(33)29(26(22)32)20-8-4-6-17(2)12-20/h4-15H,3,16H2,1-2H3,(H,28,31,33)/b22-14+. The molecule has 1 fully saturated rings. The lowest BCUT2D eigenvalue weighted by atomic mass is 10.1. The Balaban J connectivity index is 1.60. The van der Waals surface area contributed by atoms with Crippen LogP contribution in [-0.4, -0.2) is 29.4 Å². The molecule has 3 aromatic carbocycles. The van der Waals surface area contributed by atoms with Crippen LogP contribution in [0.3, 0.4) is 0 Å². The number of barbiturate groups is 1. The van der Waals surface area contributed by atoms with Gasteiger partial charge in [0.05, 0.1) is 17.2 Å². The van der Waals surface area contributed by atoms with Crippen LogP contribution >= 0.6 is 0 Å². The Labute approximate surface area is 212 Å². The van der Waals surface area contributed by atoms with Crippen molar-refractivity contribution in [2.24, 2.45) is 0 Å². The van der Waals surface area contributed by atoms with Crippen molar-refractivity contribution in [2.75, 3.05) is 11.5 Å². The number of benzene rings is 3. The molecule has 4 amide bonds. The van der Waals surface area contributed by atoms with Crippen LogP contribution in [-0.2, 0) is 16.2 Å². The molecule has 10 nitrogen and oxygen atoms in total. The maximum Gasteiger partial charge on any atom is 0.335 e. The summed E-state index contributed by atoms with van der Waals surface area (Å²) in [4.78, 5) is 49.6. The Morgan fingerprint density at radius 1 is 0.973 bits per heavy atom. The number of anilines is 1. The van der Waals surface area contributed by atoms with Crippen molar-refractivity contribution in [3.63, 3.8) is 0 Å². The van der Waals surface area contributed by atoms with E-state index in [0.29, 0.717) is 34.9 Å². The molecule has 0 aromatic heterocycles. The first kappa shape index (κ1) is 25.1. The molecule has 1 heterocycles. The minimum absolute atomic E-state index is 0.0401. The van der Waals surface area contributed by atoms with E-state index in [-0.39, 0.29) is 17.9 Å². The second kappa shape index (κ2) is 10.7. The van der Waals surface area contributed by atoms with Gasteiger partial charge in [-0.05, 0) is 60.9 Å². The van der Waals surface area contributed by atoms with E-state index < -0.39 is 22.8 Å². The van der Waals surface area contributed by atoms with Crippen molar-refractivity contribution in [2.45, 2.75) is 20.5 Å². The molecule has 0 saturated carbocycles. The van der Waals surface area contributed by atoms with Gasteiger partial charge in [0, 0.05) is 12.1 Å². The number of carbonyl (C=O) groups excluding carboxylic acids is 3. The first-order chi connectivity index (χ1) is 17.8.